The van der Waals surface area contributed by atoms with E-state index in [4.69, 9.17) is 0 Å². The molecule has 1 aromatic rings. The molecule has 0 aromatic heterocycles. The lowest BCUT2D eigenvalue weighted by atomic mass is 9.83. The first-order valence-corrected chi connectivity index (χ1v) is 7.53. The van der Waals surface area contributed by atoms with E-state index in [1.165, 1.54) is 25.0 Å². The van der Waals surface area contributed by atoms with E-state index in [0.717, 1.165) is 24.2 Å². The van der Waals surface area contributed by atoms with Crippen LogP contribution in [0.5, 0.6) is 0 Å². The maximum absolute atomic E-state index is 13.0. The molecule has 2 rings (SSSR count). The highest BCUT2D eigenvalue weighted by Crippen LogP contribution is 2.23. The summed E-state index contributed by atoms with van der Waals surface area (Å²) in [5, 5.41) is 3.40. The first-order chi connectivity index (χ1) is 9.56. The van der Waals surface area contributed by atoms with Crippen LogP contribution in [0.15, 0.2) is 18.2 Å². The zero-order valence-corrected chi connectivity index (χ0v) is 12.4. The molecule has 0 spiro atoms. The van der Waals surface area contributed by atoms with Gasteiger partial charge in [0.2, 0.25) is 0 Å². The summed E-state index contributed by atoms with van der Waals surface area (Å²) in [7, 11) is 0. The third kappa shape index (κ3) is 4.14. The lowest BCUT2D eigenvalue weighted by Gasteiger charge is -2.28. The fraction of sp³-hybridized carbons (Fsp3) is 0.588. The Hall–Kier alpha value is -1.22. The van der Waals surface area contributed by atoms with Crippen molar-refractivity contribution in [2.45, 2.75) is 39.5 Å². The number of ketones is 1. The van der Waals surface area contributed by atoms with Gasteiger partial charge in [0.15, 0.2) is 0 Å². The Morgan fingerprint density at radius 1 is 1.50 bits per heavy atom. The Morgan fingerprint density at radius 2 is 2.30 bits per heavy atom. The van der Waals surface area contributed by atoms with E-state index < -0.39 is 0 Å². The monoisotopic (exact) mass is 277 g/mol. The van der Waals surface area contributed by atoms with Gasteiger partial charge in [0.05, 0.1) is 0 Å². The van der Waals surface area contributed by atoms with Crippen LogP contribution in [0.4, 0.5) is 4.39 Å². The van der Waals surface area contributed by atoms with Crippen molar-refractivity contribution >= 4 is 5.78 Å². The van der Waals surface area contributed by atoms with E-state index in [-0.39, 0.29) is 11.6 Å². The predicted octanol–water partition coefficient (Wildman–Crippen LogP) is 3.27. The van der Waals surface area contributed by atoms with Crippen LogP contribution in [0.25, 0.3) is 0 Å². The fourth-order valence-electron chi connectivity index (χ4n) is 3.03. The van der Waals surface area contributed by atoms with Crippen LogP contribution in [0.2, 0.25) is 0 Å². The lowest BCUT2D eigenvalue weighted by Crippen LogP contribution is -2.34. The van der Waals surface area contributed by atoms with Crippen LogP contribution in [0.1, 0.15) is 37.3 Å². The number of halogens is 1. The van der Waals surface area contributed by atoms with Crippen molar-refractivity contribution in [3.05, 3.63) is 35.1 Å². The summed E-state index contributed by atoms with van der Waals surface area (Å²) < 4.78 is 13.0. The molecule has 0 radical (unpaired) electrons. The molecule has 0 saturated carbocycles. The van der Waals surface area contributed by atoms with Crippen molar-refractivity contribution in [1.82, 2.24) is 5.32 Å². The number of benzene rings is 1. The molecule has 20 heavy (non-hydrogen) atoms. The third-order valence-corrected chi connectivity index (χ3v) is 4.38. The molecule has 0 amide bonds. The summed E-state index contributed by atoms with van der Waals surface area (Å²) in [6, 6.07) is 4.66. The van der Waals surface area contributed by atoms with E-state index in [2.05, 4.69) is 12.2 Å². The van der Waals surface area contributed by atoms with E-state index >= 15 is 0 Å². The summed E-state index contributed by atoms with van der Waals surface area (Å²) in [6.45, 7) is 6.17. The highest BCUT2D eigenvalue weighted by Gasteiger charge is 2.22. The van der Waals surface area contributed by atoms with Crippen LogP contribution >= 0.6 is 0 Å². The zero-order chi connectivity index (χ0) is 14.5. The van der Waals surface area contributed by atoms with Gasteiger partial charge in [-0.25, -0.2) is 4.39 Å². The van der Waals surface area contributed by atoms with Crippen molar-refractivity contribution in [2.75, 3.05) is 13.1 Å². The lowest BCUT2D eigenvalue weighted by molar-refractivity contribution is -0.119. The SMILES string of the molecule is Cc1cc(F)ccc1CC(=O)CC(C)C1CCCNC1. The van der Waals surface area contributed by atoms with Crippen LogP contribution in [-0.2, 0) is 11.2 Å². The molecular weight excluding hydrogens is 253 g/mol. The number of piperidine rings is 1. The normalized spacial score (nSPS) is 20.6. The minimum Gasteiger partial charge on any atom is -0.316 e. The predicted molar refractivity (Wildman–Crippen MR) is 79.2 cm³/mol. The molecule has 1 fully saturated rings. The van der Waals surface area contributed by atoms with Gasteiger partial charge in [-0.3, -0.25) is 4.79 Å². The van der Waals surface area contributed by atoms with Crippen molar-refractivity contribution in [2.24, 2.45) is 11.8 Å². The van der Waals surface area contributed by atoms with E-state index in [9.17, 15) is 9.18 Å². The largest absolute Gasteiger partial charge is 0.316 e. The van der Waals surface area contributed by atoms with Gasteiger partial charge in [0, 0.05) is 12.8 Å². The summed E-state index contributed by atoms with van der Waals surface area (Å²) in [4.78, 5) is 12.2. The zero-order valence-electron chi connectivity index (χ0n) is 12.4. The van der Waals surface area contributed by atoms with Gasteiger partial charge < -0.3 is 5.32 Å². The van der Waals surface area contributed by atoms with Gasteiger partial charge in [0.25, 0.3) is 0 Å². The molecule has 1 aliphatic rings. The second-order valence-electron chi connectivity index (χ2n) is 6.07. The van der Waals surface area contributed by atoms with Gasteiger partial charge in [-0.2, -0.15) is 0 Å². The van der Waals surface area contributed by atoms with Crippen molar-refractivity contribution in [1.29, 1.82) is 0 Å². The highest BCUT2D eigenvalue weighted by molar-refractivity contribution is 5.81. The minimum absolute atomic E-state index is 0.236. The highest BCUT2D eigenvalue weighted by atomic mass is 19.1. The number of hydrogen-bond donors (Lipinski definition) is 1. The summed E-state index contributed by atoms with van der Waals surface area (Å²) >= 11 is 0. The molecule has 2 nitrogen and oxygen atoms in total. The molecule has 0 bridgehead atoms. The first kappa shape index (κ1) is 15.2. The van der Waals surface area contributed by atoms with Crippen LogP contribution in [-0.4, -0.2) is 18.9 Å². The number of carbonyl (C=O) groups is 1. The molecule has 1 heterocycles. The maximum atomic E-state index is 13.0. The summed E-state index contributed by atoms with van der Waals surface area (Å²) in [5.74, 6) is 1.07. The Kier molecular flexibility index (Phi) is 5.30. The Bertz CT molecular complexity index is 466. The smallest absolute Gasteiger partial charge is 0.137 e. The summed E-state index contributed by atoms with van der Waals surface area (Å²) in [5.41, 5.74) is 1.82. The molecule has 3 heteroatoms. The maximum Gasteiger partial charge on any atom is 0.137 e. The van der Waals surface area contributed by atoms with Gasteiger partial charge in [-0.1, -0.05) is 13.0 Å². The van der Waals surface area contributed by atoms with E-state index in [0.29, 0.717) is 24.7 Å². The van der Waals surface area contributed by atoms with Crippen molar-refractivity contribution in [3.8, 4) is 0 Å². The number of carbonyl (C=O) groups excluding carboxylic acids is 1. The second kappa shape index (κ2) is 6.98. The minimum atomic E-state index is -0.236. The molecule has 1 N–H and O–H groups in total. The third-order valence-electron chi connectivity index (χ3n) is 4.38. The molecular formula is C17H24FNO. The number of rotatable bonds is 5. The molecule has 1 aliphatic heterocycles. The standard InChI is InChI=1S/C17H24FNO/c1-12-8-16(18)6-5-14(12)10-17(20)9-13(2)15-4-3-7-19-11-15/h5-6,8,13,15,19H,3-4,7,9-11H2,1-2H3. The number of nitrogens with one attached hydrogen (secondary N) is 1. The van der Waals surface area contributed by atoms with Crippen LogP contribution in [0.3, 0.4) is 0 Å². The molecule has 2 unspecified atom stereocenters. The average molecular weight is 277 g/mol. The molecule has 110 valence electrons. The number of hydrogen-bond acceptors (Lipinski definition) is 2. The molecule has 2 atom stereocenters. The molecule has 1 aromatic carbocycles. The van der Waals surface area contributed by atoms with Crippen LogP contribution in [0, 0.1) is 24.6 Å². The Balaban J connectivity index is 1.88. The number of aryl methyl sites for hydroxylation is 1. The van der Waals surface area contributed by atoms with Crippen molar-refractivity contribution < 1.29 is 9.18 Å². The topological polar surface area (TPSA) is 29.1 Å². The van der Waals surface area contributed by atoms with Gasteiger partial charge in [-0.05, 0) is 68.0 Å². The Morgan fingerprint density at radius 3 is 2.95 bits per heavy atom. The van der Waals surface area contributed by atoms with Crippen molar-refractivity contribution in [3.63, 3.8) is 0 Å². The number of Topliss-reactive ketones (excluding diaryl/α,β-unsaturated/α-hetero) is 1. The quantitative estimate of drug-likeness (QED) is 0.895. The van der Waals surface area contributed by atoms with Gasteiger partial charge in [0.1, 0.15) is 11.6 Å². The van der Waals surface area contributed by atoms with Gasteiger partial charge >= 0.3 is 0 Å². The second-order valence-corrected chi connectivity index (χ2v) is 6.07. The van der Waals surface area contributed by atoms with E-state index in [1.54, 1.807) is 6.07 Å². The first-order valence-electron chi connectivity index (χ1n) is 7.53. The molecule has 0 aliphatic carbocycles. The molecule has 1 saturated heterocycles. The average Bonchev–Trinajstić information content (AvgIpc) is 2.43. The summed E-state index contributed by atoms with van der Waals surface area (Å²) in [6.07, 6.45) is 3.48. The Labute approximate surface area is 120 Å². The van der Waals surface area contributed by atoms with Gasteiger partial charge in [-0.15, -0.1) is 0 Å². The fourth-order valence-corrected chi connectivity index (χ4v) is 3.03. The van der Waals surface area contributed by atoms with E-state index in [1.807, 2.05) is 6.92 Å². The van der Waals surface area contributed by atoms with Crippen LogP contribution < -0.4 is 5.32 Å².